The number of hydrogen-bond acceptors (Lipinski definition) is 2. The largest absolute Gasteiger partial charge is 0.340 e. The Bertz CT molecular complexity index is 594. The summed E-state index contributed by atoms with van der Waals surface area (Å²) in [5.41, 5.74) is 0.318. The number of carbonyl (C=O) groups excluding carboxylic acids is 2. The first-order chi connectivity index (χ1) is 10.0. The molecule has 1 saturated carbocycles. The van der Waals surface area contributed by atoms with Crippen LogP contribution in [-0.4, -0.2) is 23.9 Å². The highest BCUT2D eigenvalue weighted by Crippen LogP contribution is 2.34. The van der Waals surface area contributed by atoms with Crippen LogP contribution in [0.2, 0.25) is 0 Å². The highest BCUT2D eigenvalue weighted by Gasteiger charge is 2.47. The zero-order valence-corrected chi connectivity index (χ0v) is 12.1. The predicted octanol–water partition coefficient (Wildman–Crippen LogP) is 2.30. The van der Waals surface area contributed by atoms with Crippen molar-refractivity contribution in [3.05, 3.63) is 29.6 Å². The van der Waals surface area contributed by atoms with Gasteiger partial charge in [0.25, 0.3) is 5.91 Å². The Balaban J connectivity index is 1.95. The van der Waals surface area contributed by atoms with Crippen LogP contribution in [0, 0.1) is 12.7 Å². The molecule has 0 bridgehead atoms. The van der Waals surface area contributed by atoms with Crippen LogP contribution in [0.5, 0.6) is 0 Å². The fraction of sp³-hybridized carbons (Fsp3) is 0.500. The van der Waals surface area contributed by atoms with Gasteiger partial charge in [-0.25, -0.2) is 4.39 Å². The monoisotopic (exact) mass is 290 g/mol. The second kappa shape index (κ2) is 5.13. The van der Waals surface area contributed by atoms with Crippen molar-refractivity contribution >= 4 is 17.5 Å². The summed E-state index contributed by atoms with van der Waals surface area (Å²) >= 11 is 0. The van der Waals surface area contributed by atoms with Gasteiger partial charge < -0.3 is 10.2 Å². The van der Waals surface area contributed by atoms with E-state index in [9.17, 15) is 14.0 Å². The number of benzene rings is 1. The van der Waals surface area contributed by atoms with Gasteiger partial charge in [-0.3, -0.25) is 9.59 Å². The summed E-state index contributed by atoms with van der Waals surface area (Å²) in [5, 5.41) is 2.90. The predicted molar refractivity (Wildman–Crippen MR) is 77.4 cm³/mol. The minimum atomic E-state index is -0.754. The van der Waals surface area contributed by atoms with Gasteiger partial charge in [0.05, 0.1) is 0 Å². The van der Waals surface area contributed by atoms with E-state index >= 15 is 0 Å². The molecule has 1 saturated heterocycles. The van der Waals surface area contributed by atoms with E-state index in [-0.39, 0.29) is 24.2 Å². The van der Waals surface area contributed by atoms with Crippen LogP contribution >= 0.6 is 0 Å². The number of piperazine rings is 1. The first-order valence-corrected chi connectivity index (χ1v) is 7.41. The number of halogens is 1. The molecule has 2 fully saturated rings. The molecule has 1 aliphatic carbocycles. The van der Waals surface area contributed by atoms with Crippen molar-refractivity contribution in [3.8, 4) is 0 Å². The van der Waals surface area contributed by atoms with Crippen LogP contribution < -0.4 is 10.2 Å². The first kappa shape index (κ1) is 14.0. The molecule has 21 heavy (non-hydrogen) atoms. The van der Waals surface area contributed by atoms with E-state index in [0.717, 1.165) is 19.3 Å². The average Bonchev–Trinajstić information content (AvgIpc) is 2.47. The van der Waals surface area contributed by atoms with Crippen molar-refractivity contribution in [1.82, 2.24) is 5.32 Å². The Labute approximate surface area is 123 Å². The Morgan fingerprint density at radius 3 is 2.57 bits per heavy atom. The maximum atomic E-state index is 13.4. The van der Waals surface area contributed by atoms with Gasteiger partial charge in [0, 0.05) is 5.69 Å². The van der Waals surface area contributed by atoms with Crippen molar-refractivity contribution in [3.63, 3.8) is 0 Å². The Morgan fingerprint density at radius 2 is 1.90 bits per heavy atom. The number of nitrogens with one attached hydrogen (secondary N) is 1. The van der Waals surface area contributed by atoms with Crippen molar-refractivity contribution in [2.75, 3.05) is 11.4 Å². The van der Waals surface area contributed by atoms with Crippen LogP contribution in [0.3, 0.4) is 0 Å². The molecule has 112 valence electrons. The second-order valence-electron chi connectivity index (χ2n) is 6.02. The van der Waals surface area contributed by atoms with E-state index in [4.69, 9.17) is 0 Å². The average molecular weight is 290 g/mol. The lowest BCUT2D eigenvalue weighted by atomic mass is 9.79. The molecule has 2 aliphatic rings. The van der Waals surface area contributed by atoms with Crippen molar-refractivity contribution in [2.45, 2.75) is 44.6 Å². The van der Waals surface area contributed by atoms with Gasteiger partial charge in [-0.05, 0) is 43.5 Å². The van der Waals surface area contributed by atoms with E-state index in [1.807, 2.05) is 0 Å². The number of amides is 2. The Kier molecular flexibility index (Phi) is 3.43. The SMILES string of the molecule is Cc1cc(N2CC(=O)NC3(CCCCC3)C2=O)ccc1F. The summed E-state index contributed by atoms with van der Waals surface area (Å²) < 4.78 is 13.4. The van der Waals surface area contributed by atoms with Crippen molar-refractivity contribution in [2.24, 2.45) is 0 Å². The molecule has 0 radical (unpaired) electrons. The van der Waals surface area contributed by atoms with Crippen LogP contribution in [0.1, 0.15) is 37.7 Å². The third-order valence-corrected chi connectivity index (χ3v) is 4.50. The van der Waals surface area contributed by atoms with Crippen LogP contribution in [0.25, 0.3) is 0 Å². The number of aryl methyl sites for hydroxylation is 1. The molecule has 1 aromatic carbocycles. The molecule has 0 aromatic heterocycles. The zero-order chi connectivity index (χ0) is 15.0. The second-order valence-corrected chi connectivity index (χ2v) is 6.02. The summed E-state index contributed by atoms with van der Waals surface area (Å²) in [6.45, 7) is 1.66. The highest BCUT2D eigenvalue weighted by molar-refractivity contribution is 6.09. The van der Waals surface area contributed by atoms with E-state index < -0.39 is 5.54 Å². The summed E-state index contributed by atoms with van der Waals surface area (Å²) in [6.07, 6.45) is 4.37. The van der Waals surface area contributed by atoms with E-state index in [2.05, 4.69) is 5.32 Å². The summed E-state index contributed by atoms with van der Waals surface area (Å²) in [6, 6.07) is 4.54. The molecule has 1 N–H and O–H groups in total. The van der Waals surface area contributed by atoms with Gasteiger partial charge in [0.15, 0.2) is 0 Å². The van der Waals surface area contributed by atoms with Crippen molar-refractivity contribution < 1.29 is 14.0 Å². The Hall–Kier alpha value is -1.91. The number of nitrogens with zero attached hydrogens (tertiary/aromatic N) is 1. The highest BCUT2D eigenvalue weighted by atomic mass is 19.1. The van der Waals surface area contributed by atoms with Gasteiger partial charge in [-0.2, -0.15) is 0 Å². The number of anilines is 1. The lowest BCUT2D eigenvalue weighted by Gasteiger charge is -2.44. The molecule has 4 nitrogen and oxygen atoms in total. The number of rotatable bonds is 1. The quantitative estimate of drug-likeness (QED) is 0.863. The molecule has 0 unspecified atom stereocenters. The molecule has 3 rings (SSSR count). The third-order valence-electron chi connectivity index (χ3n) is 4.50. The molecule has 0 atom stereocenters. The molecule has 1 aromatic rings. The van der Waals surface area contributed by atoms with Gasteiger partial charge in [0.1, 0.15) is 17.9 Å². The summed E-state index contributed by atoms with van der Waals surface area (Å²) in [4.78, 5) is 26.4. The van der Waals surface area contributed by atoms with Crippen LogP contribution in [-0.2, 0) is 9.59 Å². The molecular formula is C16H19FN2O2. The zero-order valence-electron chi connectivity index (χ0n) is 12.1. The van der Waals surface area contributed by atoms with Gasteiger partial charge >= 0.3 is 0 Å². The first-order valence-electron chi connectivity index (χ1n) is 7.41. The van der Waals surface area contributed by atoms with Gasteiger partial charge in [-0.15, -0.1) is 0 Å². The van der Waals surface area contributed by atoms with E-state index in [0.29, 0.717) is 24.1 Å². The minimum Gasteiger partial charge on any atom is -0.340 e. The molecular weight excluding hydrogens is 271 g/mol. The van der Waals surface area contributed by atoms with Crippen molar-refractivity contribution in [1.29, 1.82) is 0 Å². The summed E-state index contributed by atoms with van der Waals surface area (Å²) in [5.74, 6) is -0.508. The maximum absolute atomic E-state index is 13.4. The topological polar surface area (TPSA) is 49.4 Å². The van der Waals surface area contributed by atoms with Gasteiger partial charge in [-0.1, -0.05) is 19.3 Å². The van der Waals surface area contributed by atoms with Crippen LogP contribution in [0.4, 0.5) is 10.1 Å². The van der Waals surface area contributed by atoms with E-state index in [1.165, 1.54) is 11.0 Å². The molecule has 1 spiro atoms. The molecule has 1 aliphatic heterocycles. The van der Waals surface area contributed by atoms with Gasteiger partial charge in [0.2, 0.25) is 5.91 Å². The van der Waals surface area contributed by atoms with Crippen LogP contribution in [0.15, 0.2) is 18.2 Å². The fourth-order valence-corrected chi connectivity index (χ4v) is 3.33. The molecule has 5 heteroatoms. The lowest BCUT2D eigenvalue weighted by Crippen LogP contribution is -2.67. The third kappa shape index (κ3) is 2.41. The standard InChI is InChI=1S/C16H19FN2O2/c1-11-9-12(5-6-13(11)17)19-10-14(20)18-16(15(19)21)7-3-2-4-8-16/h5-6,9H,2-4,7-8,10H2,1H3,(H,18,20). The minimum absolute atomic E-state index is 0.00561. The normalized spacial score (nSPS) is 21.5. The Morgan fingerprint density at radius 1 is 1.19 bits per heavy atom. The number of hydrogen-bond donors (Lipinski definition) is 1. The molecule has 1 heterocycles. The number of carbonyl (C=O) groups is 2. The lowest BCUT2D eigenvalue weighted by molar-refractivity contribution is -0.137. The van der Waals surface area contributed by atoms with E-state index in [1.54, 1.807) is 19.1 Å². The fourth-order valence-electron chi connectivity index (χ4n) is 3.33. The summed E-state index contributed by atoms with van der Waals surface area (Å²) in [7, 11) is 0. The molecule has 2 amide bonds. The maximum Gasteiger partial charge on any atom is 0.253 e. The smallest absolute Gasteiger partial charge is 0.253 e.